The number of rotatable bonds is 2. The first-order valence-corrected chi connectivity index (χ1v) is 7.22. The number of nitrogens with zero attached hydrogens (tertiary/aromatic N) is 4. The van der Waals surface area contributed by atoms with E-state index in [0.29, 0.717) is 6.04 Å². The van der Waals surface area contributed by atoms with E-state index >= 15 is 0 Å². The highest BCUT2D eigenvalue weighted by atomic mass is 16.2. The largest absolute Gasteiger partial charge is 0.355 e. The Morgan fingerprint density at radius 3 is 2.79 bits per heavy atom. The Hall–Kier alpha value is -1.43. The molecule has 6 heteroatoms. The molecule has 1 unspecified atom stereocenters. The van der Waals surface area contributed by atoms with Crippen LogP contribution in [0.4, 0.5) is 0 Å². The lowest BCUT2D eigenvalue weighted by Gasteiger charge is -2.36. The van der Waals surface area contributed by atoms with Gasteiger partial charge in [-0.05, 0) is 32.1 Å². The predicted octanol–water partition coefficient (Wildman–Crippen LogP) is 0.584. The Kier molecular flexibility index (Phi) is 3.77. The van der Waals surface area contributed by atoms with Crippen LogP contribution in [-0.2, 0) is 4.79 Å². The number of aromatic nitrogens is 3. The molecule has 1 N–H and O–H groups in total. The molecule has 3 heterocycles. The summed E-state index contributed by atoms with van der Waals surface area (Å²) < 4.78 is 1.95. The Morgan fingerprint density at radius 2 is 2.05 bits per heavy atom. The predicted molar refractivity (Wildman–Crippen MR) is 70.5 cm³/mol. The van der Waals surface area contributed by atoms with Gasteiger partial charge in [-0.2, -0.15) is 0 Å². The van der Waals surface area contributed by atoms with Crippen LogP contribution >= 0.6 is 0 Å². The molecule has 1 amide bonds. The van der Waals surface area contributed by atoms with Gasteiger partial charge in [-0.15, -0.1) is 5.10 Å². The molecule has 3 rings (SSSR count). The van der Waals surface area contributed by atoms with Gasteiger partial charge >= 0.3 is 0 Å². The molecule has 0 radical (unpaired) electrons. The average molecular weight is 263 g/mol. The van der Waals surface area contributed by atoms with Crippen LogP contribution in [-0.4, -0.2) is 51.5 Å². The fourth-order valence-electron chi connectivity index (χ4n) is 3.15. The van der Waals surface area contributed by atoms with Gasteiger partial charge in [0.15, 0.2) is 0 Å². The molecule has 1 atom stereocenters. The number of carbonyl (C=O) groups excluding carboxylic acids is 1. The number of amides is 1. The number of nitrogens with one attached hydrogen (secondary N) is 1. The first kappa shape index (κ1) is 12.6. The summed E-state index contributed by atoms with van der Waals surface area (Å²) in [5, 5.41) is 11.0. The van der Waals surface area contributed by atoms with E-state index in [1.165, 1.54) is 0 Å². The molecule has 2 saturated heterocycles. The van der Waals surface area contributed by atoms with Crippen molar-refractivity contribution in [3.63, 3.8) is 0 Å². The fraction of sp³-hybridized carbons (Fsp3) is 0.769. The van der Waals surface area contributed by atoms with E-state index < -0.39 is 0 Å². The average Bonchev–Trinajstić information content (AvgIpc) is 2.89. The van der Waals surface area contributed by atoms with Gasteiger partial charge in [-0.25, -0.2) is 4.68 Å². The summed E-state index contributed by atoms with van der Waals surface area (Å²) in [6.07, 6.45) is 9.01. The van der Waals surface area contributed by atoms with Gasteiger partial charge in [-0.3, -0.25) is 9.69 Å². The molecule has 0 saturated carbocycles. The highest BCUT2D eigenvalue weighted by molar-refractivity contribution is 5.81. The molecule has 104 valence electrons. The number of piperidine rings is 1. The monoisotopic (exact) mass is 263 g/mol. The summed E-state index contributed by atoms with van der Waals surface area (Å²) in [4.78, 5) is 14.4. The minimum Gasteiger partial charge on any atom is -0.355 e. The minimum atomic E-state index is 0.0826. The Balaban J connectivity index is 1.58. The normalized spacial score (nSPS) is 26.9. The summed E-state index contributed by atoms with van der Waals surface area (Å²) in [7, 11) is 0. The van der Waals surface area contributed by atoms with Crippen molar-refractivity contribution < 1.29 is 4.79 Å². The molecule has 1 aromatic rings. The van der Waals surface area contributed by atoms with Crippen molar-refractivity contribution in [2.75, 3.05) is 19.6 Å². The number of likely N-dealkylation sites (tertiary alicyclic amines) is 1. The molecule has 0 aromatic carbocycles. The number of hydrogen-bond donors (Lipinski definition) is 1. The van der Waals surface area contributed by atoms with Crippen molar-refractivity contribution in [1.29, 1.82) is 0 Å². The van der Waals surface area contributed by atoms with E-state index in [2.05, 4.69) is 20.5 Å². The SMILES string of the molecule is O=C1NCCCCC1N1CCC(n2ccnn2)CC1. The van der Waals surface area contributed by atoms with Crippen LogP contribution in [0.25, 0.3) is 0 Å². The van der Waals surface area contributed by atoms with Crippen LogP contribution < -0.4 is 5.32 Å². The van der Waals surface area contributed by atoms with Gasteiger partial charge in [0.05, 0.1) is 18.3 Å². The first-order valence-electron chi connectivity index (χ1n) is 7.22. The number of carbonyl (C=O) groups is 1. The van der Waals surface area contributed by atoms with E-state index in [1.807, 2.05) is 10.9 Å². The second-order valence-corrected chi connectivity index (χ2v) is 5.45. The van der Waals surface area contributed by atoms with Gasteiger partial charge in [0.25, 0.3) is 0 Å². The molecule has 19 heavy (non-hydrogen) atoms. The van der Waals surface area contributed by atoms with Gasteiger partial charge < -0.3 is 5.32 Å². The maximum atomic E-state index is 12.0. The Labute approximate surface area is 113 Å². The first-order chi connectivity index (χ1) is 9.34. The Morgan fingerprint density at radius 1 is 1.21 bits per heavy atom. The van der Waals surface area contributed by atoms with Gasteiger partial charge in [-0.1, -0.05) is 5.21 Å². The minimum absolute atomic E-state index is 0.0826. The fourth-order valence-corrected chi connectivity index (χ4v) is 3.15. The zero-order valence-electron chi connectivity index (χ0n) is 11.2. The molecular weight excluding hydrogens is 242 g/mol. The Bertz CT molecular complexity index is 411. The summed E-state index contributed by atoms with van der Waals surface area (Å²) >= 11 is 0. The van der Waals surface area contributed by atoms with E-state index in [4.69, 9.17) is 0 Å². The molecule has 6 nitrogen and oxygen atoms in total. The lowest BCUT2D eigenvalue weighted by Crippen LogP contribution is -2.49. The molecule has 0 bridgehead atoms. The van der Waals surface area contributed by atoms with Gasteiger partial charge in [0, 0.05) is 25.8 Å². The third kappa shape index (κ3) is 2.78. The van der Waals surface area contributed by atoms with Crippen LogP contribution in [0.1, 0.15) is 38.1 Å². The molecule has 0 aliphatic carbocycles. The smallest absolute Gasteiger partial charge is 0.237 e. The van der Waals surface area contributed by atoms with Crippen LogP contribution in [0.5, 0.6) is 0 Å². The van der Waals surface area contributed by atoms with Crippen molar-refractivity contribution in [1.82, 2.24) is 25.2 Å². The highest BCUT2D eigenvalue weighted by Crippen LogP contribution is 2.24. The highest BCUT2D eigenvalue weighted by Gasteiger charge is 2.30. The lowest BCUT2D eigenvalue weighted by atomic mass is 10.0. The van der Waals surface area contributed by atoms with Crippen LogP contribution in [0.15, 0.2) is 12.4 Å². The standard InChI is InChI=1S/C13H21N5O/c19-13-12(3-1-2-6-14-13)17-8-4-11(5-9-17)18-10-7-15-16-18/h7,10-12H,1-6,8-9H2,(H,14,19). The molecule has 2 aliphatic rings. The van der Waals surface area contributed by atoms with E-state index in [0.717, 1.165) is 51.7 Å². The second-order valence-electron chi connectivity index (χ2n) is 5.45. The van der Waals surface area contributed by atoms with Crippen molar-refractivity contribution in [2.24, 2.45) is 0 Å². The maximum absolute atomic E-state index is 12.0. The van der Waals surface area contributed by atoms with Gasteiger partial charge in [0.2, 0.25) is 5.91 Å². The zero-order valence-corrected chi connectivity index (χ0v) is 11.2. The third-order valence-electron chi connectivity index (χ3n) is 4.26. The van der Waals surface area contributed by atoms with Crippen molar-refractivity contribution >= 4 is 5.91 Å². The van der Waals surface area contributed by atoms with Crippen molar-refractivity contribution in [3.05, 3.63) is 12.4 Å². The summed E-state index contributed by atoms with van der Waals surface area (Å²) in [6, 6.07) is 0.520. The van der Waals surface area contributed by atoms with E-state index in [9.17, 15) is 4.79 Å². The molecule has 0 spiro atoms. The van der Waals surface area contributed by atoms with Crippen LogP contribution in [0, 0.1) is 0 Å². The maximum Gasteiger partial charge on any atom is 0.237 e. The lowest BCUT2D eigenvalue weighted by molar-refractivity contribution is -0.126. The zero-order chi connectivity index (χ0) is 13.1. The molecule has 2 fully saturated rings. The van der Waals surface area contributed by atoms with E-state index in [1.54, 1.807) is 6.20 Å². The van der Waals surface area contributed by atoms with Crippen LogP contribution in [0.2, 0.25) is 0 Å². The quantitative estimate of drug-likeness (QED) is 0.848. The third-order valence-corrected chi connectivity index (χ3v) is 4.26. The molecular formula is C13H21N5O. The molecule has 1 aromatic heterocycles. The van der Waals surface area contributed by atoms with Gasteiger partial charge in [0.1, 0.15) is 0 Å². The van der Waals surface area contributed by atoms with Crippen molar-refractivity contribution in [2.45, 2.75) is 44.2 Å². The summed E-state index contributed by atoms with van der Waals surface area (Å²) in [5.41, 5.74) is 0. The van der Waals surface area contributed by atoms with Crippen LogP contribution in [0.3, 0.4) is 0 Å². The van der Waals surface area contributed by atoms with Crippen molar-refractivity contribution in [3.8, 4) is 0 Å². The summed E-state index contributed by atoms with van der Waals surface area (Å²) in [5.74, 6) is 0.219. The summed E-state index contributed by atoms with van der Waals surface area (Å²) in [6.45, 7) is 2.79. The van der Waals surface area contributed by atoms with E-state index in [-0.39, 0.29) is 11.9 Å². The topological polar surface area (TPSA) is 63.1 Å². The number of hydrogen-bond acceptors (Lipinski definition) is 4. The molecule has 2 aliphatic heterocycles. The second kappa shape index (κ2) is 5.69.